The maximum atomic E-state index is 13.1. The summed E-state index contributed by atoms with van der Waals surface area (Å²) in [6.07, 6.45) is 0. The van der Waals surface area contributed by atoms with Gasteiger partial charge in [0.05, 0.1) is 5.92 Å². The fraction of sp³-hybridized carbons (Fsp3) is 0.0500. The molecule has 1 atom stereocenters. The highest BCUT2D eigenvalue weighted by Crippen LogP contribution is 2.33. The molecule has 0 N–H and O–H groups in total. The summed E-state index contributed by atoms with van der Waals surface area (Å²) in [6, 6.07) is 27.3. The van der Waals surface area contributed by atoms with Crippen molar-refractivity contribution in [3.05, 3.63) is 106 Å². The molecule has 0 saturated heterocycles. The topological polar surface area (TPSA) is 17.1 Å². The Hall–Kier alpha value is -2.19. The number of Topliss-reactive ketones (excluding diaryl/α,β-unsaturated/α-hetero) is 1. The lowest BCUT2D eigenvalue weighted by Crippen LogP contribution is -2.15. The van der Waals surface area contributed by atoms with E-state index < -0.39 is 0 Å². The van der Waals surface area contributed by atoms with Crippen molar-refractivity contribution in [2.24, 2.45) is 0 Å². The van der Waals surface area contributed by atoms with E-state index in [0.29, 0.717) is 0 Å². The number of hydrogen-bond donors (Lipinski definition) is 0. The quantitative estimate of drug-likeness (QED) is 0.570. The lowest BCUT2D eigenvalue weighted by atomic mass is 9.85. The van der Waals surface area contributed by atoms with Crippen molar-refractivity contribution in [3.8, 4) is 0 Å². The number of benzene rings is 3. The number of hydrogen-bond acceptors (Lipinski definition) is 1. The summed E-state index contributed by atoms with van der Waals surface area (Å²) < 4.78 is 0.952. The number of carbonyl (C=O) groups excluding carboxylic acids is 1. The standard InChI is InChI=1S/C20H15BrO/c21-18-14-8-7-13-17(18)19(15-9-3-1-4-10-15)20(22)16-11-5-2-6-12-16/h1-14,19H. The zero-order chi connectivity index (χ0) is 15.4. The maximum Gasteiger partial charge on any atom is 0.174 e. The third-order valence-electron chi connectivity index (χ3n) is 3.67. The molecule has 1 nitrogen and oxygen atoms in total. The van der Waals surface area contributed by atoms with Gasteiger partial charge in [0.2, 0.25) is 0 Å². The molecular weight excluding hydrogens is 336 g/mol. The van der Waals surface area contributed by atoms with Gasteiger partial charge in [0, 0.05) is 10.0 Å². The second kappa shape index (κ2) is 6.71. The van der Waals surface area contributed by atoms with E-state index in [1.165, 1.54) is 0 Å². The molecule has 0 radical (unpaired) electrons. The van der Waals surface area contributed by atoms with Crippen LogP contribution in [0, 0.1) is 0 Å². The first kappa shape index (κ1) is 14.7. The smallest absolute Gasteiger partial charge is 0.174 e. The first-order valence-electron chi connectivity index (χ1n) is 7.16. The zero-order valence-electron chi connectivity index (χ0n) is 11.9. The van der Waals surface area contributed by atoms with Gasteiger partial charge in [-0.25, -0.2) is 0 Å². The summed E-state index contributed by atoms with van der Waals surface area (Å²) in [5.41, 5.74) is 2.72. The van der Waals surface area contributed by atoms with Gasteiger partial charge in [0.1, 0.15) is 0 Å². The summed E-state index contributed by atoms with van der Waals surface area (Å²) in [6.45, 7) is 0. The third-order valence-corrected chi connectivity index (χ3v) is 4.39. The molecule has 3 aromatic carbocycles. The lowest BCUT2D eigenvalue weighted by molar-refractivity contribution is 0.0973. The fourth-order valence-electron chi connectivity index (χ4n) is 2.60. The Labute approximate surface area is 138 Å². The Morgan fingerprint density at radius 3 is 1.91 bits per heavy atom. The van der Waals surface area contributed by atoms with Crippen LogP contribution in [0.1, 0.15) is 27.4 Å². The van der Waals surface area contributed by atoms with E-state index in [4.69, 9.17) is 0 Å². The van der Waals surface area contributed by atoms with E-state index in [0.717, 1.165) is 21.2 Å². The monoisotopic (exact) mass is 350 g/mol. The summed E-state index contributed by atoms with van der Waals surface area (Å²) in [5, 5.41) is 0. The van der Waals surface area contributed by atoms with E-state index in [9.17, 15) is 4.79 Å². The Morgan fingerprint density at radius 2 is 1.27 bits per heavy atom. The SMILES string of the molecule is O=C(c1ccccc1)C(c1ccccc1)c1ccccc1Br. The molecule has 3 rings (SSSR count). The molecule has 0 amide bonds. The molecule has 22 heavy (non-hydrogen) atoms. The van der Waals surface area contributed by atoms with Crippen molar-refractivity contribution < 1.29 is 4.79 Å². The van der Waals surface area contributed by atoms with Crippen LogP contribution in [0.25, 0.3) is 0 Å². The molecule has 0 aliphatic rings. The number of rotatable bonds is 4. The fourth-order valence-corrected chi connectivity index (χ4v) is 3.11. The van der Waals surface area contributed by atoms with Crippen molar-refractivity contribution in [2.45, 2.75) is 5.92 Å². The molecule has 3 aromatic rings. The van der Waals surface area contributed by atoms with Gasteiger partial charge in [-0.3, -0.25) is 4.79 Å². The third kappa shape index (κ3) is 3.02. The van der Waals surface area contributed by atoms with Crippen molar-refractivity contribution in [3.63, 3.8) is 0 Å². The van der Waals surface area contributed by atoms with Crippen LogP contribution in [-0.4, -0.2) is 5.78 Å². The summed E-state index contributed by atoms with van der Waals surface area (Å²) >= 11 is 3.58. The Morgan fingerprint density at radius 1 is 0.727 bits per heavy atom. The number of carbonyl (C=O) groups is 1. The van der Waals surface area contributed by atoms with Crippen LogP contribution >= 0.6 is 15.9 Å². The molecule has 0 spiro atoms. The highest BCUT2D eigenvalue weighted by molar-refractivity contribution is 9.10. The molecule has 0 fully saturated rings. The van der Waals surface area contributed by atoms with Crippen LogP contribution in [0.4, 0.5) is 0 Å². The average Bonchev–Trinajstić information content (AvgIpc) is 2.58. The van der Waals surface area contributed by atoms with Crippen molar-refractivity contribution in [1.29, 1.82) is 0 Å². The molecule has 2 heteroatoms. The van der Waals surface area contributed by atoms with Crippen LogP contribution in [0.5, 0.6) is 0 Å². The minimum atomic E-state index is -0.306. The highest BCUT2D eigenvalue weighted by Gasteiger charge is 2.25. The van der Waals surface area contributed by atoms with E-state index in [1.807, 2.05) is 84.9 Å². The summed E-state index contributed by atoms with van der Waals surface area (Å²) in [7, 11) is 0. The second-order valence-corrected chi connectivity index (χ2v) is 5.95. The molecule has 0 aromatic heterocycles. The molecule has 108 valence electrons. The van der Waals surface area contributed by atoms with Gasteiger partial charge in [0.25, 0.3) is 0 Å². The second-order valence-electron chi connectivity index (χ2n) is 5.10. The predicted molar refractivity (Wildman–Crippen MR) is 93.2 cm³/mol. The molecule has 0 heterocycles. The molecular formula is C20H15BrO. The largest absolute Gasteiger partial charge is 0.293 e. The van der Waals surface area contributed by atoms with Gasteiger partial charge < -0.3 is 0 Å². The van der Waals surface area contributed by atoms with Crippen molar-refractivity contribution in [1.82, 2.24) is 0 Å². The van der Waals surface area contributed by atoms with E-state index >= 15 is 0 Å². The predicted octanol–water partition coefficient (Wildman–Crippen LogP) is 5.46. The maximum absolute atomic E-state index is 13.1. The highest BCUT2D eigenvalue weighted by atomic mass is 79.9. The Bertz CT molecular complexity index is 766. The zero-order valence-corrected chi connectivity index (χ0v) is 13.5. The van der Waals surface area contributed by atoms with E-state index in [1.54, 1.807) is 0 Å². The number of ketones is 1. The van der Waals surface area contributed by atoms with Crippen LogP contribution in [0.2, 0.25) is 0 Å². The minimum Gasteiger partial charge on any atom is -0.293 e. The van der Waals surface area contributed by atoms with Gasteiger partial charge in [-0.15, -0.1) is 0 Å². The Balaban J connectivity index is 2.12. The van der Waals surface area contributed by atoms with Crippen LogP contribution in [-0.2, 0) is 0 Å². The Kier molecular flexibility index (Phi) is 4.50. The molecule has 0 saturated carbocycles. The minimum absolute atomic E-state index is 0.110. The molecule has 0 bridgehead atoms. The average molecular weight is 351 g/mol. The first-order chi connectivity index (χ1) is 10.8. The normalized spacial score (nSPS) is 11.9. The van der Waals surface area contributed by atoms with Crippen LogP contribution < -0.4 is 0 Å². The van der Waals surface area contributed by atoms with E-state index in [-0.39, 0.29) is 11.7 Å². The summed E-state index contributed by atoms with van der Waals surface area (Å²) in [5.74, 6) is -0.196. The van der Waals surface area contributed by atoms with Gasteiger partial charge in [-0.2, -0.15) is 0 Å². The van der Waals surface area contributed by atoms with Gasteiger partial charge >= 0.3 is 0 Å². The van der Waals surface area contributed by atoms with Gasteiger partial charge in [0.15, 0.2) is 5.78 Å². The molecule has 0 aliphatic heterocycles. The number of halogens is 1. The van der Waals surface area contributed by atoms with Gasteiger partial charge in [-0.1, -0.05) is 94.8 Å². The van der Waals surface area contributed by atoms with Crippen LogP contribution in [0.3, 0.4) is 0 Å². The van der Waals surface area contributed by atoms with E-state index in [2.05, 4.69) is 15.9 Å². The first-order valence-corrected chi connectivity index (χ1v) is 7.95. The van der Waals surface area contributed by atoms with Crippen LogP contribution in [0.15, 0.2) is 89.4 Å². The molecule has 0 aliphatic carbocycles. The summed E-state index contributed by atoms with van der Waals surface area (Å²) in [4.78, 5) is 13.1. The lowest BCUT2D eigenvalue weighted by Gasteiger charge is -2.18. The van der Waals surface area contributed by atoms with Crippen molar-refractivity contribution >= 4 is 21.7 Å². The van der Waals surface area contributed by atoms with Crippen molar-refractivity contribution in [2.75, 3.05) is 0 Å². The van der Waals surface area contributed by atoms with Gasteiger partial charge in [-0.05, 0) is 17.2 Å². The molecule has 1 unspecified atom stereocenters.